The predicted molar refractivity (Wildman–Crippen MR) is 122 cm³/mol. The second-order valence-electron chi connectivity index (χ2n) is 7.21. The Morgan fingerprint density at radius 2 is 2.03 bits per heavy atom. The van der Waals surface area contributed by atoms with Crippen molar-refractivity contribution in [3.05, 3.63) is 83.1 Å². The number of H-pyrrole nitrogens is 1. The van der Waals surface area contributed by atoms with Gasteiger partial charge in [-0.2, -0.15) is 0 Å². The second kappa shape index (κ2) is 9.50. The summed E-state index contributed by atoms with van der Waals surface area (Å²) in [5.41, 5.74) is 5.29. The highest BCUT2D eigenvalue weighted by atomic mass is 16.4. The first-order valence-electron chi connectivity index (χ1n) is 10.5. The van der Waals surface area contributed by atoms with Gasteiger partial charge in [0.25, 0.3) is 0 Å². The van der Waals surface area contributed by atoms with Crippen molar-refractivity contribution >= 4 is 23.6 Å². The third kappa shape index (κ3) is 4.56. The molecule has 0 aliphatic carbocycles. The standard InChI is InChI=1S/C12H12BNO2.C10H11N.C2H6/c15-12(16)9-3-1-2-8-6-11-13(4-5-14-11)7-10(8)9;1-2-8-3-4-9-5-6-11-10(9)7-8;1-2/h1-5,11,14H,6-7H2,(H,15,16);3-7,11H,2H2,1H3;1-2H3. The van der Waals surface area contributed by atoms with Crippen molar-refractivity contribution in [1.82, 2.24) is 10.3 Å². The number of carbonyl (C=O) groups is 1. The summed E-state index contributed by atoms with van der Waals surface area (Å²) < 4.78 is 0. The van der Waals surface area contributed by atoms with Crippen molar-refractivity contribution in [3.63, 3.8) is 0 Å². The number of aromatic carboxylic acids is 1. The van der Waals surface area contributed by atoms with Gasteiger partial charge in [-0.3, -0.25) is 0 Å². The smallest absolute Gasteiger partial charge is 0.335 e. The Morgan fingerprint density at radius 1 is 1.21 bits per heavy atom. The molecule has 150 valence electrons. The number of nitrogens with one attached hydrogen (secondary N) is 2. The first-order chi connectivity index (χ1) is 14.2. The topological polar surface area (TPSA) is 65.1 Å². The van der Waals surface area contributed by atoms with Crippen LogP contribution in [0.3, 0.4) is 0 Å². The van der Waals surface area contributed by atoms with Crippen molar-refractivity contribution in [2.45, 2.75) is 45.9 Å². The van der Waals surface area contributed by atoms with E-state index in [0.717, 1.165) is 24.7 Å². The lowest BCUT2D eigenvalue weighted by molar-refractivity contribution is 0.0695. The van der Waals surface area contributed by atoms with E-state index in [1.807, 2.05) is 38.4 Å². The van der Waals surface area contributed by atoms with Gasteiger partial charge in [-0.1, -0.05) is 51.0 Å². The third-order valence-electron chi connectivity index (χ3n) is 5.58. The Kier molecular flexibility index (Phi) is 6.81. The molecular weight excluding hydrogens is 359 g/mol. The molecule has 3 N–H and O–H groups in total. The van der Waals surface area contributed by atoms with Gasteiger partial charge in [-0.15, -0.1) is 0 Å². The molecule has 0 spiro atoms. The van der Waals surface area contributed by atoms with Crippen LogP contribution in [0.15, 0.2) is 60.8 Å². The monoisotopic (exact) mass is 388 g/mol. The number of rotatable bonds is 2. The van der Waals surface area contributed by atoms with Crippen molar-refractivity contribution in [3.8, 4) is 0 Å². The van der Waals surface area contributed by atoms with Crippen molar-refractivity contribution in [2.75, 3.05) is 0 Å². The van der Waals surface area contributed by atoms with Gasteiger partial charge < -0.3 is 15.4 Å². The summed E-state index contributed by atoms with van der Waals surface area (Å²) in [5.74, 6) is 1.79. The summed E-state index contributed by atoms with van der Waals surface area (Å²) in [6.45, 7) is 6.62. The van der Waals surface area contributed by atoms with E-state index in [-0.39, 0.29) is 0 Å². The van der Waals surface area contributed by atoms with Crippen LogP contribution in [-0.4, -0.2) is 28.7 Å². The number of aryl methyl sites for hydroxylation is 1. The van der Waals surface area contributed by atoms with Crippen LogP contribution >= 0.6 is 0 Å². The summed E-state index contributed by atoms with van der Waals surface area (Å²) in [6, 6.07) is 14.2. The van der Waals surface area contributed by atoms with E-state index in [4.69, 9.17) is 5.11 Å². The molecule has 0 radical (unpaired) electrons. The van der Waals surface area contributed by atoms with Crippen molar-refractivity contribution in [1.29, 1.82) is 0 Å². The van der Waals surface area contributed by atoms with E-state index in [1.54, 1.807) is 6.07 Å². The Hall–Kier alpha value is -2.95. The number of carboxylic acids is 1. The van der Waals surface area contributed by atoms with Crippen LogP contribution in [-0.2, 0) is 19.2 Å². The predicted octanol–water partition coefficient (Wildman–Crippen LogP) is 4.84. The molecule has 0 amide bonds. The molecule has 2 aliphatic heterocycles. The van der Waals surface area contributed by atoms with E-state index in [9.17, 15) is 4.79 Å². The average Bonchev–Trinajstić information content (AvgIpc) is 3.41. The van der Waals surface area contributed by atoms with Crippen molar-refractivity contribution < 1.29 is 9.90 Å². The zero-order valence-corrected chi connectivity index (χ0v) is 17.4. The van der Waals surface area contributed by atoms with Crippen LogP contribution in [0, 0.1) is 0 Å². The van der Waals surface area contributed by atoms with Crippen LogP contribution < -0.4 is 5.32 Å². The molecule has 4 nitrogen and oxygen atoms in total. The molecule has 5 rings (SSSR count). The summed E-state index contributed by atoms with van der Waals surface area (Å²) in [7, 11) is 0. The molecule has 29 heavy (non-hydrogen) atoms. The number of carboxylic acid groups (broad SMARTS) is 1. The molecule has 3 heterocycles. The maximum Gasteiger partial charge on any atom is 0.335 e. The molecule has 1 unspecified atom stereocenters. The van der Waals surface area contributed by atoms with E-state index in [1.165, 1.54) is 22.0 Å². The fourth-order valence-corrected chi connectivity index (χ4v) is 4.04. The van der Waals surface area contributed by atoms with Crippen molar-refractivity contribution in [2.24, 2.45) is 0 Å². The molecule has 0 saturated heterocycles. The lowest BCUT2D eigenvalue weighted by atomic mass is 9.39. The van der Waals surface area contributed by atoms with Gasteiger partial charge in [0.1, 0.15) is 0 Å². The molecule has 2 aliphatic rings. The van der Waals surface area contributed by atoms with Gasteiger partial charge >= 0.3 is 5.97 Å². The highest BCUT2D eigenvalue weighted by Crippen LogP contribution is 2.26. The minimum atomic E-state index is -0.815. The van der Waals surface area contributed by atoms with Gasteiger partial charge in [-0.25, -0.2) is 4.79 Å². The highest BCUT2D eigenvalue weighted by Gasteiger charge is 2.33. The minimum Gasteiger partial charge on any atom is -0.478 e. The molecule has 5 heteroatoms. The molecule has 0 fully saturated rings. The van der Waals surface area contributed by atoms with E-state index < -0.39 is 5.97 Å². The molecule has 3 aromatic rings. The zero-order valence-electron chi connectivity index (χ0n) is 17.4. The summed E-state index contributed by atoms with van der Waals surface area (Å²) >= 11 is 0. The maximum atomic E-state index is 11.1. The quantitative estimate of drug-likeness (QED) is 0.551. The Labute approximate surface area is 173 Å². The molecule has 0 bridgehead atoms. The van der Waals surface area contributed by atoms with Gasteiger partial charge in [0.05, 0.1) is 5.56 Å². The van der Waals surface area contributed by atoms with Crippen LogP contribution in [0.1, 0.15) is 47.8 Å². The SMILES string of the molecule is CC.CCc1ccc2cc[nH]c2c1.O=C(O)c1cccc2c1CB1C=CNC1C2. The van der Waals surface area contributed by atoms with Gasteiger partial charge in [0, 0.05) is 17.7 Å². The van der Waals surface area contributed by atoms with Gasteiger partial charge in [0.2, 0.25) is 0 Å². The minimum absolute atomic E-state index is 0.452. The second-order valence-corrected chi connectivity index (χ2v) is 7.21. The van der Waals surface area contributed by atoms with Crippen LogP contribution in [0.5, 0.6) is 0 Å². The fourth-order valence-electron chi connectivity index (χ4n) is 4.04. The molecule has 1 aromatic heterocycles. The maximum absolute atomic E-state index is 11.1. The summed E-state index contributed by atoms with van der Waals surface area (Å²) in [4.78, 5) is 14.3. The zero-order chi connectivity index (χ0) is 20.8. The molecule has 0 saturated carbocycles. The lowest BCUT2D eigenvalue weighted by Crippen LogP contribution is -2.42. The number of aromatic amines is 1. The van der Waals surface area contributed by atoms with Gasteiger partial charge in [0.15, 0.2) is 6.71 Å². The van der Waals surface area contributed by atoms with E-state index in [2.05, 4.69) is 47.5 Å². The van der Waals surface area contributed by atoms with Crippen LogP contribution in [0.25, 0.3) is 10.9 Å². The normalized spacial score (nSPS) is 16.0. The summed E-state index contributed by atoms with van der Waals surface area (Å²) in [6.07, 6.45) is 6.83. The van der Waals surface area contributed by atoms with E-state index in [0.29, 0.717) is 18.2 Å². The average molecular weight is 388 g/mol. The first kappa shape index (κ1) is 20.8. The largest absolute Gasteiger partial charge is 0.478 e. The Balaban J connectivity index is 0.000000162. The van der Waals surface area contributed by atoms with Crippen LogP contribution in [0.2, 0.25) is 0 Å². The Bertz CT molecular complexity index is 1010. The first-order valence-corrected chi connectivity index (χ1v) is 10.5. The highest BCUT2D eigenvalue weighted by molar-refractivity contribution is 6.66. The van der Waals surface area contributed by atoms with Gasteiger partial charge in [-0.05, 0) is 65.6 Å². The number of hydrogen-bond acceptors (Lipinski definition) is 2. The fraction of sp³-hybridized carbons (Fsp3) is 0.292. The third-order valence-corrected chi connectivity index (χ3v) is 5.58. The molecule has 1 atom stereocenters. The molecule has 2 aromatic carbocycles. The number of hydrogen-bond donors (Lipinski definition) is 3. The number of benzene rings is 2. The molecular formula is C24H29BN2O2. The lowest BCUT2D eigenvalue weighted by Gasteiger charge is -2.26. The number of aromatic nitrogens is 1. The summed E-state index contributed by atoms with van der Waals surface area (Å²) in [5, 5.41) is 13.8. The van der Waals surface area contributed by atoms with E-state index >= 15 is 0 Å². The number of fused-ring (bicyclic) bond motifs is 3. The van der Waals surface area contributed by atoms with Crippen LogP contribution in [0.4, 0.5) is 0 Å². The Morgan fingerprint density at radius 3 is 2.79 bits per heavy atom.